The van der Waals surface area contributed by atoms with Gasteiger partial charge in [-0.3, -0.25) is 0 Å². The summed E-state index contributed by atoms with van der Waals surface area (Å²) in [6.07, 6.45) is 0.518. The third kappa shape index (κ3) is 7.71. The molecule has 0 fully saturated rings. The van der Waals surface area contributed by atoms with Crippen LogP contribution in [0.25, 0.3) is 0 Å². The fourth-order valence-corrected chi connectivity index (χ4v) is 1.97. The topological polar surface area (TPSA) is 50.4 Å². The lowest BCUT2D eigenvalue weighted by atomic mass is 10.1. The first-order valence-corrected chi connectivity index (χ1v) is 7.55. The van der Waals surface area contributed by atoms with Crippen LogP contribution < -0.4 is 10.6 Å². The van der Waals surface area contributed by atoms with Crippen molar-refractivity contribution < 1.29 is 9.53 Å². The number of hydrogen-bond acceptors (Lipinski definition) is 3. The summed E-state index contributed by atoms with van der Waals surface area (Å²) in [4.78, 5) is 11.5. The Bertz CT molecular complexity index is 452. The van der Waals surface area contributed by atoms with E-state index in [4.69, 9.17) is 4.74 Å². The number of benzene rings is 1. The second-order valence-corrected chi connectivity index (χ2v) is 6.37. The van der Waals surface area contributed by atoms with Crippen LogP contribution in [0.1, 0.15) is 51.3 Å². The minimum Gasteiger partial charge on any atom is -0.444 e. The van der Waals surface area contributed by atoms with Gasteiger partial charge in [0.2, 0.25) is 0 Å². The Balaban J connectivity index is 2.18. The number of rotatable bonds is 6. The average Bonchev–Trinajstić information content (AvgIpc) is 2.36. The van der Waals surface area contributed by atoms with Gasteiger partial charge in [0.25, 0.3) is 0 Å². The first-order valence-electron chi connectivity index (χ1n) is 7.55. The van der Waals surface area contributed by atoms with Crippen LogP contribution >= 0.6 is 0 Å². The van der Waals surface area contributed by atoms with Gasteiger partial charge in [-0.05, 0) is 53.1 Å². The average molecular weight is 292 g/mol. The van der Waals surface area contributed by atoms with Gasteiger partial charge in [0.15, 0.2) is 0 Å². The van der Waals surface area contributed by atoms with Crippen LogP contribution in [-0.4, -0.2) is 24.8 Å². The molecule has 0 bridgehead atoms. The predicted octanol–water partition coefficient (Wildman–Crippen LogP) is 3.56. The van der Waals surface area contributed by atoms with Crippen molar-refractivity contribution in [1.29, 1.82) is 0 Å². The van der Waals surface area contributed by atoms with Gasteiger partial charge in [-0.2, -0.15) is 0 Å². The van der Waals surface area contributed by atoms with Gasteiger partial charge in [0.05, 0.1) is 0 Å². The van der Waals surface area contributed by atoms with Crippen molar-refractivity contribution in [3.63, 3.8) is 0 Å². The first kappa shape index (κ1) is 17.5. The summed E-state index contributed by atoms with van der Waals surface area (Å²) < 4.78 is 5.18. The van der Waals surface area contributed by atoms with E-state index in [1.807, 2.05) is 20.8 Å². The summed E-state index contributed by atoms with van der Waals surface area (Å²) >= 11 is 0. The van der Waals surface area contributed by atoms with E-state index in [2.05, 4.69) is 48.7 Å². The molecule has 2 N–H and O–H groups in total. The van der Waals surface area contributed by atoms with Crippen LogP contribution in [0.2, 0.25) is 0 Å². The zero-order valence-electron chi connectivity index (χ0n) is 13.8. The maximum atomic E-state index is 11.5. The molecule has 1 unspecified atom stereocenters. The van der Waals surface area contributed by atoms with Gasteiger partial charge in [0, 0.05) is 12.6 Å². The van der Waals surface area contributed by atoms with Crippen LogP contribution in [-0.2, 0) is 4.74 Å². The molecule has 0 aliphatic carbocycles. The lowest BCUT2D eigenvalue weighted by Crippen LogP contribution is -2.34. The fraction of sp³-hybridized carbons (Fsp3) is 0.588. The normalized spacial score (nSPS) is 12.8. The van der Waals surface area contributed by atoms with Crippen molar-refractivity contribution in [3.8, 4) is 0 Å². The predicted molar refractivity (Wildman–Crippen MR) is 86.5 cm³/mol. The Morgan fingerprint density at radius 2 is 2.00 bits per heavy atom. The van der Waals surface area contributed by atoms with E-state index in [0.29, 0.717) is 12.6 Å². The lowest BCUT2D eigenvalue weighted by Gasteiger charge is -2.20. The molecule has 118 valence electrons. The van der Waals surface area contributed by atoms with Gasteiger partial charge in [-0.1, -0.05) is 29.8 Å². The van der Waals surface area contributed by atoms with Gasteiger partial charge in [0.1, 0.15) is 5.60 Å². The third-order valence-electron chi connectivity index (χ3n) is 3.01. The maximum absolute atomic E-state index is 11.5. The largest absolute Gasteiger partial charge is 0.444 e. The molecular weight excluding hydrogens is 264 g/mol. The molecule has 1 rings (SSSR count). The van der Waals surface area contributed by atoms with Crippen LogP contribution in [0.3, 0.4) is 0 Å². The fourth-order valence-electron chi connectivity index (χ4n) is 1.97. The molecule has 0 radical (unpaired) electrons. The zero-order chi connectivity index (χ0) is 15.9. The molecule has 1 aromatic carbocycles. The monoisotopic (exact) mass is 292 g/mol. The summed E-state index contributed by atoms with van der Waals surface area (Å²) in [6.45, 7) is 11.3. The van der Waals surface area contributed by atoms with E-state index in [0.717, 1.165) is 13.0 Å². The molecule has 0 aromatic heterocycles. The van der Waals surface area contributed by atoms with Crippen LogP contribution in [0.15, 0.2) is 24.3 Å². The number of alkyl carbamates (subject to hydrolysis) is 1. The van der Waals surface area contributed by atoms with Gasteiger partial charge < -0.3 is 15.4 Å². The van der Waals surface area contributed by atoms with E-state index >= 15 is 0 Å². The number of amides is 1. The number of carbonyl (C=O) groups is 1. The number of carbonyl (C=O) groups excluding carboxylic acids is 1. The molecule has 0 spiro atoms. The summed E-state index contributed by atoms with van der Waals surface area (Å²) in [5, 5.41) is 6.22. The minimum absolute atomic E-state index is 0.312. The van der Waals surface area contributed by atoms with E-state index in [9.17, 15) is 4.79 Å². The highest BCUT2D eigenvalue weighted by molar-refractivity contribution is 5.67. The summed E-state index contributed by atoms with van der Waals surface area (Å²) in [6, 6.07) is 8.81. The molecule has 1 atom stereocenters. The van der Waals surface area contributed by atoms with E-state index in [1.54, 1.807) is 0 Å². The second-order valence-electron chi connectivity index (χ2n) is 6.37. The summed E-state index contributed by atoms with van der Waals surface area (Å²) in [5.74, 6) is 0. The molecule has 0 aliphatic heterocycles. The number of ether oxygens (including phenoxy) is 1. The van der Waals surface area contributed by atoms with Gasteiger partial charge in [-0.25, -0.2) is 4.79 Å². The maximum Gasteiger partial charge on any atom is 0.407 e. The van der Waals surface area contributed by atoms with E-state index < -0.39 is 5.60 Å². The summed E-state index contributed by atoms with van der Waals surface area (Å²) in [5.41, 5.74) is 2.12. The molecule has 1 amide bonds. The van der Waals surface area contributed by atoms with Crippen LogP contribution in [0, 0.1) is 6.92 Å². The molecule has 0 saturated carbocycles. The highest BCUT2D eigenvalue weighted by Crippen LogP contribution is 2.13. The molecule has 4 nitrogen and oxygen atoms in total. The second kappa shape index (κ2) is 8.03. The highest BCUT2D eigenvalue weighted by atomic mass is 16.6. The van der Waals surface area contributed by atoms with Gasteiger partial charge >= 0.3 is 6.09 Å². The van der Waals surface area contributed by atoms with Crippen molar-refractivity contribution in [1.82, 2.24) is 10.6 Å². The van der Waals surface area contributed by atoms with E-state index in [1.165, 1.54) is 11.1 Å². The minimum atomic E-state index is -0.442. The molecule has 21 heavy (non-hydrogen) atoms. The van der Waals surface area contributed by atoms with Crippen molar-refractivity contribution in [2.45, 2.75) is 52.7 Å². The standard InChI is InChI=1S/C17H28N2O2/c1-13-8-6-9-15(12-13)14(2)18-10-7-11-19-16(20)21-17(3,4)5/h6,8-9,12,14,18H,7,10-11H2,1-5H3,(H,19,20). The number of aryl methyl sites for hydroxylation is 1. The smallest absolute Gasteiger partial charge is 0.407 e. The summed E-state index contributed by atoms with van der Waals surface area (Å²) in [7, 11) is 0. The molecule has 4 heteroatoms. The highest BCUT2D eigenvalue weighted by Gasteiger charge is 2.15. The zero-order valence-corrected chi connectivity index (χ0v) is 13.8. The van der Waals surface area contributed by atoms with Crippen molar-refractivity contribution in [2.75, 3.05) is 13.1 Å². The molecule has 0 saturated heterocycles. The van der Waals surface area contributed by atoms with Crippen LogP contribution in [0.4, 0.5) is 4.79 Å². The van der Waals surface area contributed by atoms with Gasteiger partial charge in [-0.15, -0.1) is 0 Å². The SMILES string of the molecule is Cc1cccc(C(C)NCCCNC(=O)OC(C)(C)C)c1. The molecule has 1 aromatic rings. The number of nitrogens with one attached hydrogen (secondary N) is 2. The Morgan fingerprint density at radius 3 is 2.62 bits per heavy atom. The number of hydrogen-bond donors (Lipinski definition) is 2. The Morgan fingerprint density at radius 1 is 1.29 bits per heavy atom. The van der Waals surface area contributed by atoms with Crippen molar-refractivity contribution >= 4 is 6.09 Å². The molecular formula is C17H28N2O2. The molecule has 0 aliphatic rings. The van der Waals surface area contributed by atoms with Crippen molar-refractivity contribution in [3.05, 3.63) is 35.4 Å². The molecule has 0 heterocycles. The quantitative estimate of drug-likeness (QED) is 0.788. The van der Waals surface area contributed by atoms with Crippen molar-refractivity contribution in [2.24, 2.45) is 0 Å². The van der Waals surface area contributed by atoms with E-state index in [-0.39, 0.29) is 6.09 Å². The lowest BCUT2D eigenvalue weighted by molar-refractivity contribution is 0.0527. The Labute approximate surface area is 128 Å². The Kier molecular flexibility index (Phi) is 6.69. The van der Waals surface area contributed by atoms with Crippen LogP contribution in [0.5, 0.6) is 0 Å². The Hall–Kier alpha value is -1.55. The third-order valence-corrected chi connectivity index (χ3v) is 3.01. The first-order chi connectivity index (χ1) is 9.78.